The van der Waals surface area contributed by atoms with Crippen LogP contribution in [0.5, 0.6) is 0 Å². The molecular weight excluding hydrogens is 304 g/mol. The fraction of sp³-hybridized carbons (Fsp3) is 0.733. The predicted molar refractivity (Wildman–Crippen MR) is 82.2 cm³/mol. The van der Waals surface area contributed by atoms with Crippen LogP contribution in [0.3, 0.4) is 0 Å². The van der Waals surface area contributed by atoms with E-state index in [0.29, 0.717) is 6.61 Å². The second-order valence-electron chi connectivity index (χ2n) is 5.65. The third kappa shape index (κ3) is 4.29. The Kier molecular flexibility index (Phi) is 6.52. The molecule has 1 aliphatic heterocycles. The molecule has 0 aromatic carbocycles. The molecule has 0 amide bonds. The zero-order chi connectivity index (χ0) is 16.8. The van der Waals surface area contributed by atoms with Crippen LogP contribution in [-0.4, -0.2) is 51.3 Å². The van der Waals surface area contributed by atoms with Crippen molar-refractivity contribution >= 4 is 0 Å². The van der Waals surface area contributed by atoms with E-state index in [4.69, 9.17) is 9.47 Å². The molecule has 23 heavy (non-hydrogen) atoms. The molecule has 0 spiro atoms. The summed E-state index contributed by atoms with van der Waals surface area (Å²) in [7, 11) is 0. The van der Waals surface area contributed by atoms with E-state index in [9.17, 15) is 19.8 Å². The molecular formula is C15H24N2O6. The van der Waals surface area contributed by atoms with Gasteiger partial charge in [0.15, 0.2) is 6.23 Å². The summed E-state index contributed by atoms with van der Waals surface area (Å²) in [5, 5.41) is 19.5. The second-order valence-corrected chi connectivity index (χ2v) is 5.65. The van der Waals surface area contributed by atoms with Crippen molar-refractivity contribution in [2.45, 2.75) is 57.1 Å². The van der Waals surface area contributed by atoms with Gasteiger partial charge < -0.3 is 19.7 Å². The van der Waals surface area contributed by atoms with Crippen molar-refractivity contribution in [2.24, 2.45) is 0 Å². The lowest BCUT2D eigenvalue weighted by atomic mass is 10.1. The first-order valence-corrected chi connectivity index (χ1v) is 7.96. The van der Waals surface area contributed by atoms with Crippen LogP contribution in [0.25, 0.3) is 0 Å². The fourth-order valence-corrected chi connectivity index (χ4v) is 2.65. The van der Waals surface area contributed by atoms with Crippen LogP contribution in [0.15, 0.2) is 21.9 Å². The summed E-state index contributed by atoms with van der Waals surface area (Å²) >= 11 is 0. The number of H-pyrrole nitrogens is 1. The van der Waals surface area contributed by atoms with Crippen molar-refractivity contribution in [3.8, 4) is 0 Å². The van der Waals surface area contributed by atoms with E-state index < -0.39 is 35.8 Å². The average molecular weight is 328 g/mol. The number of nitrogens with one attached hydrogen (secondary N) is 1. The van der Waals surface area contributed by atoms with E-state index in [1.165, 1.54) is 12.3 Å². The largest absolute Gasteiger partial charge is 0.394 e. The normalized spacial score (nSPS) is 27.4. The number of aromatic amines is 1. The standard InChI is InChI=1S/C15H24N2O6/c1-2-3-4-5-8-22-13-12(20)10(9-18)23-14(13)17-7-6-11(19)16-15(17)21/h6-7,10,12-14,18,20H,2-5,8-9H2,1H3,(H,16,19,21)/t10-,12-,13-,14-/m1/s1. The first-order chi connectivity index (χ1) is 11.1. The highest BCUT2D eigenvalue weighted by Crippen LogP contribution is 2.30. The third-order valence-electron chi connectivity index (χ3n) is 3.93. The van der Waals surface area contributed by atoms with Crippen molar-refractivity contribution in [2.75, 3.05) is 13.2 Å². The summed E-state index contributed by atoms with van der Waals surface area (Å²) in [6.45, 7) is 2.16. The average Bonchev–Trinajstić information content (AvgIpc) is 2.83. The molecule has 8 heteroatoms. The Bertz CT molecular complexity index is 598. The van der Waals surface area contributed by atoms with Gasteiger partial charge in [-0.05, 0) is 6.42 Å². The fourth-order valence-electron chi connectivity index (χ4n) is 2.65. The number of unbranched alkanes of at least 4 members (excludes halogenated alkanes) is 3. The maximum absolute atomic E-state index is 11.9. The highest BCUT2D eigenvalue weighted by atomic mass is 16.6. The zero-order valence-corrected chi connectivity index (χ0v) is 13.2. The highest BCUT2D eigenvalue weighted by Gasteiger charge is 2.45. The van der Waals surface area contributed by atoms with E-state index in [2.05, 4.69) is 11.9 Å². The second kappa shape index (κ2) is 8.39. The number of hydrogen-bond donors (Lipinski definition) is 3. The van der Waals surface area contributed by atoms with Crippen LogP contribution in [0.2, 0.25) is 0 Å². The Balaban J connectivity index is 2.11. The number of aromatic nitrogens is 2. The van der Waals surface area contributed by atoms with Gasteiger partial charge >= 0.3 is 5.69 Å². The summed E-state index contributed by atoms with van der Waals surface area (Å²) in [6, 6.07) is 1.20. The van der Waals surface area contributed by atoms with Gasteiger partial charge in [-0.3, -0.25) is 14.3 Å². The molecule has 0 saturated carbocycles. The Morgan fingerprint density at radius 2 is 2.13 bits per heavy atom. The highest BCUT2D eigenvalue weighted by molar-refractivity contribution is 4.93. The Labute approximate surface area is 133 Å². The van der Waals surface area contributed by atoms with Gasteiger partial charge in [-0.25, -0.2) is 4.79 Å². The van der Waals surface area contributed by atoms with Crippen molar-refractivity contribution in [1.29, 1.82) is 0 Å². The van der Waals surface area contributed by atoms with Gasteiger partial charge in [0.25, 0.3) is 5.56 Å². The number of nitrogens with zero attached hydrogens (tertiary/aromatic N) is 1. The van der Waals surface area contributed by atoms with Gasteiger partial charge in [-0.1, -0.05) is 26.2 Å². The number of aliphatic hydroxyl groups excluding tert-OH is 2. The summed E-state index contributed by atoms with van der Waals surface area (Å²) in [5.74, 6) is 0. The summed E-state index contributed by atoms with van der Waals surface area (Å²) in [6.07, 6.45) is 1.82. The van der Waals surface area contributed by atoms with Crippen LogP contribution in [0.4, 0.5) is 0 Å². The molecule has 0 aliphatic carbocycles. The molecule has 3 N–H and O–H groups in total. The van der Waals surface area contributed by atoms with Crippen molar-refractivity contribution in [3.63, 3.8) is 0 Å². The minimum atomic E-state index is -1.05. The molecule has 2 heterocycles. The summed E-state index contributed by atoms with van der Waals surface area (Å²) < 4.78 is 12.4. The Morgan fingerprint density at radius 1 is 1.35 bits per heavy atom. The van der Waals surface area contributed by atoms with Crippen LogP contribution in [0, 0.1) is 0 Å². The number of ether oxygens (including phenoxy) is 2. The third-order valence-corrected chi connectivity index (χ3v) is 3.93. The monoisotopic (exact) mass is 328 g/mol. The van der Waals surface area contributed by atoms with Gasteiger partial charge in [-0.15, -0.1) is 0 Å². The molecule has 0 bridgehead atoms. The summed E-state index contributed by atoms with van der Waals surface area (Å²) in [5.41, 5.74) is -1.16. The lowest BCUT2D eigenvalue weighted by Gasteiger charge is -2.22. The van der Waals surface area contributed by atoms with Crippen molar-refractivity contribution in [1.82, 2.24) is 9.55 Å². The van der Waals surface area contributed by atoms with E-state index in [1.807, 2.05) is 0 Å². The van der Waals surface area contributed by atoms with Gasteiger partial charge in [0.1, 0.15) is 18.3 Å². The lowest BCUT2D eigenvalue weighted by molar-refractivity contribution is -0.0749. The molecule has 130 valence electrons. The van der Waals surface area contributed by atoms with Gasteiger partial charge in [0.2, 0.25) is 0 Å². The first-order valence-electron chi connectivity index (χ1n) is 7.96. The van der Waals surface area contributed by atoms with E-state index in [-0.39, 0.29) is 6.61 Å². The maximum Gasteiger partial charge on any atom is 0.330 e. The maximum atomic E-state index is 11.9. The van der Waals surface area contributed by atoms with E-state index in [0.717, 1.165) is 30.3 Å². The number of aliphatic hydroxyl groups is 2. The molecule has 2 rings (SSSR count). The topological polar surface area (TPSA) is 114 Å². The smallest absolute Gasteiger partial charge is 0.330 e. The van der Waals surface area contributed by atoms with Crippen LogP contribution in [0.1, 0.15) is 38.8 Å². The van der Waals surface area contributed by atoms with Crippen LogP contribution >= 0.6 is 0 Å². The number of hydrogen-bond acceptors (Lipinski definition) is 6. The minimum absolute atomic E-state index is 0.383. The first kappa shape index (κ1) is 17.9. The SMILES string of the molecule is CCCCCCO[C@@H]1[C@H](O)[C@@H](CO)O[C@H]1n1ccc(=O)[nH]c1=O. The molecule has 1 aromatic heterocycles. The summed E-state index contributed by atoms with van der Waals surface area (Å²) in [4.78, 5) is 25.2. The van der Waals surface area contributed by atoms with Crippen LogP contribution < -0.4 is 11.2 Å². The van der Waals surface area contributed by atoms with Gasteiger partial charge in [0.05, 0.1) is 6.61 Å². The van der Waals surface area contributed by atoms with Gasteiger partial charge in [0, 0.05) is 18.9 Å². The molecule has 0 radical (unpaired) electrons. The molecule has 1 aliphatic rings. The predicted octanol–water partition coefficient (Wildman–Crippen LogP) is -0.247. The molecule has 0 unspecified atom stereocenters. The molecule has 1 fully saturated rings. The zero-order valence-electron chi connectivity index (χ0n) is 13.2. The van der Waals surface area contributed by atoms with Gasteiger partial charge in [-0.2, -0.15) is 0 Å². The minimum Gasteiger partial charge on any atom is -0.394 e. The van der Waals surface area contributed by atoms with E-state index >= 15 is 0 Å². The number of rotatable bonds is 8. The Morgan fingerprint density at radius 3 is 2.78 bits per heavy atom. The Hall–Kier alpha value is -1.48. The molecule has 1 aromatic rings. The van der Waals surface area contributed by atoms with Crippen LogP contribution in [-0.2, 0) is 9.47 Å². The quantitative estimate of drug-likeness (QED) is 0.567. The van der Waals surface area contributed by atoms with Crippen molar-refractivity contribution in [3.05, 3.63) is 33.1 Å². The molecule has 1 saturated heterocycles. The molecule has 8 nitrogen and oxygen atoms in total. The van der Waals surface area contributed by atoms with Crippen molar-refractivity contribution < 1.29 is 19.7 Å². The lowest BCUT2D eigenvalue weighted by Crippen LogP contribution is -2.39. The van der Waals surface area contributed by atoms with E-state index in [1.54, 1.807) is 0 Å². The molecule has 4 atom stereocenters.